The molecule has 1 amide bonds. The molecule has 3 rings (SSSR count). The van der Waals surface area contributed by atoms with Crippen LogP contribution in [0.15, 0.2) is 24.3 Å². The average Bonchev–Trinajstić information content (AvgIpc) is 2.87. The highest BCUT2D eigenvalue weighted by Crippen LogP contribution is 2.27. The van der Waals surface area contributed by atoms with E-state index in [-0.39, 0.29) is 5.91 Å². The molecule has 4 nitrogen and oxygen atoms in total. The SMILES string of the molecule is COc1ccccc1CC(=O)N1CCCCC2CNCC21. The van der Waals surface area contributed by atoms with E-state index < -0.39 is 0 Å². The first-order chi connectivity index (χ1) is 10.3. The number of hydrogen-bond acceptors (Lipinski definition) is 3. The lowest BCUT2D eigenvalue weighted by molar-refractivity contribution is -0.133. The molecule has 0 bridgehead atoms. The van der Waals surface area contributed by atoms with Gasteiger partial charge in [-0.3, -0.25) is 4.79 Å². The molecule has 2 aliphatic rings. The van der Waals surface area contributed by atoms with E-state index in [0.29, 0.717) is 18.4 Å². The Morgan fingerprint density at radius 1 is 1.33 bits per heavy atom. The van der Waals surface area contributed by atoms with Gasteiger partial charge in [0.2, 0.25) is 5.91 Å². The number of nitrogens with zero attached hydrogens (tertiary/aromatic N) is 1. The molecule has 0 aromatic heterocycles. The van der Waals surface area contributed by atoms with E-state index in [1.165, 1.54) is 12.8 Å². The van der Waals surface area contributed by atoms with Gasteiger partial charge in [-0.15, -0.1) is 0 Å². The van der Waals surface area contributed by atoms with Gasteiger partial charge in [-0.05, 0) is 24.8 Å². The van der Waals surface area contributed by atoms with Gasteiger partial charge in [0.05, 0.1) is 13.5 Å². The lowest BCUT2D eigenvalue weighted by atomic mass is 9.98. The number of benzene rings is 1. The van der Waals surface area contributed by atoms with Gasteiger partial charge >= 0.3 is 0 Å². The van der Waals surface area contributed by atoms with Gasteiger partial charge in [0.25, 0.3) is 0 Å². The van der Waals surface area contributed by atoms with Gasteiger partial charge in [0, 0.05) is 31.2 Å². The zero-order valence-electron chi connectivity index (χ0n) is 12.7. The fourth-order valence-electron chi connectivity index (χ4n) is 3.66. The van der Waals surface area contributed by atoms with Crippen LogP contribution in [0.1, 0.15) is 24.8 Å². The molecular weight excluding hydrogens is 264 g/mol. The molecule has 0 spiro atoms. The lowest BCUT2D eigenvalue weighted by Crippen LogP contribution is -2.44. The van der Waals surface area contributed by atoms with Gasteiger partial charge in [-0.25, -0.2) is 0 Å². The summed E-state index contributed by atoms with van der Waals surface area (Å²) in [7, 11) is 1.66. The molecular formula is C17H24N2O2. The first kappa shape index (κ1) is 14.4. The maximum Gasteiger partial charge on any atom is 0.227 e. The monoisotopic (exact) mass is 288 g/mol. The molecule has 2 saturated heterocycles. The molecule has 2 heterocycles. The molecule has 0 aliphatic carbocycles. The topological polar surface area (TPSA) is 41.6 Å². The van der Waals surface area contributed by atoms with Crippen LogP contribution in [0.25, 0.3) is 0 Å². The van der Waals surface area contributed by atoms with E-state index in [4.69, 9.17) is 4.74 Å². The van der Waals surface area contributed by atoms with E-state index in [0.717, 1.165) is 37.4 Å². The smallest absolute Gasteiger partial charge is 0.227 e. The maximum absolute atomic E-state index is 12.8. The number of carbonyl (C=O) groups excluding carboxylic acids is 1. The minimum Gasteiger partial charge on any atom is -0.496 e. The van der Waals surface area contributed by atoms with Crippen molar-refractivity contribution in [2.75, 3.05) is 26.7 Å². The van der Waals surface area contributed by atoms with Gasteiger partial charge < -0.3 is 15.0 Å². The predicted octanol–water partition coefficient (Wildman–Crippen LogP) is 1.84. The van der Waals surface area contributed by atoms with Crippen molar-refractivity contribution >= 4 is 5.91 Å². The first-order valence-electron chi connectivity index (χ1n) is 7.91. The second-order valence-corrected chi connectivity index (χ2v) is 6.06. The Bertz CT molecular complexity index is 503. The number of para-hydroxylation sites is 1. The first-order valence-corrected chi connectivity index (χ1v) is 7.91. The number of fused-ring (bicyclic) bond motifs is 1. The van der Waals surface area contributed by atoms with Crippen molar-refractivity contribution < 1.29 is 9.53 Å². The number of carbonyl (C=O) groups is 1. The van der Waals surface area contributed by atoms with Crippen LogP contribution in [0.5, 0.6) is 5.75 Å². The summed E-state index contributed by atoms with van der Waals surface area (Å²) in [6.45, 7) is 2.91. The molecule has 1 aromatic carbocycles. The fourth-order valence-corrected chi connectivity index (χ4v) is 3.66. The van der Waals surface area contributed by atoms with Crippen LogP contribution in [0, 0.1) is 5.92 Å². The maximum atomic E-state index is 12.8. The molecule has 2 unspecified atom stereocenters. The van der Waals surface area contributed by atoms with Crippen molar-refractivity contribution in [1.82, 2.24) is 10.2 Å². The summed E-state index contributed by atoms with van der Waals surface area (Å²) >= 11 is 0. The molecule has 0 saturated carbocycles. The summed E-state index contributed by atoms with van der Waals surface area (Å²) in [6, 6.07) is 8.20. The fraction of sp³-hybridized carbons (Fsp3) is 0.588. The second-order valence-electron chi connectivity index (χ2n) is 6.06. The van der Waals surface area contributed by atoms with Crippen molar-refractivity contribution in [1.29, 1.82) is 0 Å². The van der Waals surface area contributed by atoms with Crippen molar-refractivity contribution in [3.63, 3.8) is 0 Å². The molecule has 1 aromatic rings. The van der Waals surface area contributed by atoms with Gasteiger partial charge in [0.15, 0.2) is 0 Å². The van der Waals surface area contributed by atoms with Crippen molar-refractivity contribution in [2.45, 2.75) is 31.7 Å². The van der Waals surface area contributed by atoms with Crippen molar-refractivity contribution in [3.8, 4) is 5.75 Å². The Morgan fingerprint density at radius 2 is 2.19 bits per heavy atom. The zero-order chi connectivity index (χ0) is 14.7. The molecule has 2 atom stereocenters. The minimum absolute atomic E-state index is 0.236. The van der Waals surface area contributed by atoms with Crippen LogP contribution < -0.4 is 10.1 Å². The molecule has 1 N–H and O–H groups in total. The minimum atomic E-state index is 0.236. The number of ether oxygens (including phenoxy) is 1. The molecule has 21 heavy (non-hydrogen) atoms. The summed E-state index contributed by atoms with van der Waals surface area (Å²) in [6.07, 6.45) is 4.05. The summed E-state index contributed by atoms with van der Waals surface area (Å²) in [4.78, 5) is 14.9. The number of amides is 1. The van der Waals surface area contributed by atoms with E-state index in [1.807, 2.05) is 24.3 Å². The number of likely N-dealkylation sites (tertiary alicyclic amines) is 1. The zero-order valence-corrected chi connectivity index (χ0v) is 12.7. The summed E-state index contributed by atoms with van der Waals surface area (Å²) in [5.74, 6) is 1.68. The average molecular weight is 288 g/mol. The highest BCUT2D eigenvalue weighted by molar-refractivity contribution is 5.80. The van der Waals surface area contributed by atoms with E-state index >= 15 is 0 Å². The highest BCUT2D eigenvalue weighted by atomic mass is 16.5. The molecule has 114 valence electrons. The number of rotatable bonds is 3. The van der Waals surface area contributed by atoms with Crippen LogP contribution in [0.3, 0.4) is 0 Å². The van der Waals surface area contributed by atoms with Crippen LogP contribution in [-0.4, -0.2) is 43.6 Å². The van der Waals surface area contributed by atoms with Gasteiger partial charge in [0.1, 0.15) is 5.75 Å². The normalized spacial score (nSPS) is 25.3. The Kier molecular flexibility index (Phi) is 4.44. The second kappa shape index (κ2) is 6.48. The third-order valence-electron chi connectivity index (χ3n) is 4.78. The third kappa shape index (κ3) is 3.05. The Hall–Kier alpha value is -1.55. The number of hydrogen-bond donors (Lipinski definition) is 1. The van der Waals surface area contributed by atoms with E-state index in [1.54, 1.807) is 7.11 Å². The quantitative estimate of drug-likeness (QED) is 0.923. The lowest BCUT2D eigenvalue weighted by Gasteiger charge is -2.30. The molecule has 4 heteroatoms. The van der Waals surface area contributed by atoms with Gasteiger partial charge in [-0.2, -0.15) is 0 Å². The van der Waals surface area contributed by atoms with E-state index in [9.17, 15) is 4.79 Å². The Morgan fingerprint density at radius 3 is 3.05 bits per heavy atom. The molecule has 0 radical (unpaired) electrons. The van der Waals surface area contributed by atoms with E-state index in [2.05, 4.69) is 10.2 Å². The van der Waals surface area contributed by atoms with Crippen LogP contribution in [0.4, 0.5) is 0 Å². The predicted molar refractivity (Wildman–Crippen MR) is 82.4 cm³/mol. The van der Waals surface area contributed by atoms with Crippen molar-refractivity contribution in [3.05, 3.63) is 29.8 Å². The molecule has 2 fully saturated rings. The summed E-state index contributed by atoms with van der Waals surface area (Å²) < 4.78 is 5.36. The largest absolute Gasteiger partial charge is 0.496 e. The summed E-state index contributed by atoms with van der Waals surface area (Å²) in [5, 5.41) is 3.44. The van der Waals surface area contributed by atoms with Crippen LogP contribution >= 0.6 is 0 Å². The Labute approximate surface area is 126 Å². The highest BCUT2D eigenvalue weighted by Gasteiger charge is 2.35. The Balaban J connectivity index is 1.74. The standard InChI is InChI=1S/C17H24N2O2/c1-21-16-8-3-2-6-13(16)10-17(20)19-9-5-4-7-14-11-18-12-15(14)19/h2-3,6,8,14-15,18H,4-5,7,9-12H2,1H3. The van der Waals surface area contributed by atoms with Crippen LogP contribution in [0.2, 0.25) is 0 Å². The number of nitrogens with one attached hydrogen (secondary N) is 1. The van der Waals surface area contributed by atoms with Crippen LogP contribution in [-0.2, 0) is 11.2 Å². The number of methoxy groups -OCH3 is 1. The van der Waals surface area contributed by atoms with Gasteiger partial charge in [-0.1, -0.05) is 24.6 Å². The third-order valence-corrected chi connectivity index (χ3v) is 4.78. The van der Waals surface area contributed by atoms with Crippen molar-refractivity contribution in [2.24, 2.45) is 5.92 Å². The summed E-state index contributed by atoms with van der Waals surface area (Å²) in [5.41, 5.74) is 0.983. The molecule has 2 aliphatic heterocycles.